The number of nitrogens with one attached hydrogen (secondary N) is 1. The molecule has 1 saturated heterocycles. The van der Waals surface area contributed by atoms with Gasteiger partial charge >= 0.3 is 6.09 Å². The van der Waals surface area contributed by atoms with Crippen LogP contribution in [0.5, 0.6) is 5.75 Å². The largest absolute Gasteiger partial charge is 0.493 e. The standard InChI is InChI=1S/C20H30N4O3.C7H14O/c25-20(26)22-16-3-1-15(2-4-16)6-9-23-10-12-24(13-11-23)19-17-7-14-27-18(17)5-8-21-19;1-7(8)5-3-2-4-6-7/h5,8,15-16,22H,1-4,6-7,9-14H2,(H,25,26);8H,2-6H2,1H3/t15-,16-;. The summed E-state index contributed by atoms with van der Waals surface area (Å²) in [7, 11) is 0. The SMILES string of the molecule is CC1(O)CCCCC1.O=C(O)N[C@H]1CC[C@H](CCN2CCN(c3nccc4c3CCO4)CC2)CC1. The number of hydrogen-bond acceptors (Lipinski definition) is 6. The second-order valence-electron chi connectivity index (χ2n) is 11.1. The first-order valence-electron chi connectivity index (χ1n) is 13.7. The fourth-order valence-corrected chi connectivity index (χ4v) is 6.00. The van der Waals surface area contributed by atoms with E-state index < -0.39 is 6.09 Å². The van der Waals surface area contributed by atoms with E-state index in [0.717, 1.165) is 102 Å². The number of carboxylic acid groups (broad SMARTS) is 1. The van der Waals surface area contributed by atoms with E-state index in [4.69, 9.17) is 9.84 Å². The van der Waals surface area contributed by atoms with E-state index in [1.165, 1.54) is 31.2 Å². The van der Waals surface area contributed by atoms with Gasteiger partial charge in [0.15, 0.2) is 0 Å². The summed E-state index contributed by atoms with van der Waals surface area (Å²) in [5, 5.41) is 20.8. The Hall–Kier alpha value is -2.06. The molecule has 3 N–H and O–H groups in total. The first-order valence-corrected chi connectivity index (χ1v) is 13.7. The minimum absolute atomic E-state index is 0.159. The summed E-state index contributed by atoms with van der Waals surface area (Å²) >= 11 is 0. The summed E-state index contributed by atoms with van der Waals surface area (Å²) in [6.45, 7) is 8.09. The number of carbonyl (C=O) groups is 1. The molecule has 0 aromatic carbocycles. The third-order valence-corrected chi connectivity index (χ3v) is 8.23. The van der Waals surface area contributed by atoms with Crippen LogP contribution in [0.2, 0.25) is 0 Å². The second kappa shape index (κ2) is 12.3. The van der Waals surface area contributed by atoms with Crippen molar-refractivity contribution in [2.75, 3.05) is 44.2 Å². The molecule has 4 aliphatic rings. The van der Waals surface area contributed by atoms with Crippen LogP contribution < -0.4 is 15.0 Å². The van der Waals surface area contributed by atoms with Crippen molar-refractivity contribution in [1.82, 2.24) is 15.2 Å². The van der Waals surface area contributed by atoms with E-state index in [0.29, 0.717) is 0 Å². The van der Waals surface area contributed by atoms with Crippen LogP contribution >= 0.6 is 0 Å². The number of hydrogen-bond donors (Lipinski definition) is 3. The molecule has 8 nitrogen and oxygen atoms in total. The smallest absolute Gasteiger partial charge is 0.404 e. The van der Waals surface area contributed by atoms with Gasteiger partial charge in [-0.1, -0.05) is 19.3 Å². The molecule has 0 radical (unpaired) electrons. The summed E-state index contributed by atoms with van der Waals surface area (Å²) in [6, 6.07) is 2.13. The average molecular weight is 489 g/mol. The molecule has 0 atom stereocenters. The summed E-state index contributed by atoms with van der Waals surface area (Å²) in [5.74, 6) is 2.87. The number of nitrogens with zero attached hydrogens (tertiary/aromatic N) is 3. The molecule has 1 amide bonds. The zero-order valence-electron chi connectivity index (χ0n) is 21.4. The zero-order chi connectivity index (χ0) is 24.7. The van der Waals surface area contributed by atoms with Crippen LogP contribution in [0.3, 0.4) is 0 Å². The van der Waals surface area contributed by atoms with Crippen LogP contribution in [0.4, 0.5) is 10.6 Å². The van der Waals surface area contributed by atoms with Crippen LogP contribution in [-0.4, -0.2) is 77.2 Å². The quantitative estimate of drug-likeness (QED) is 0.575. The lowest BCUT2D eigenvalue weighted by Crippen LogP contribution is -2.47. The van der Waals surface area contributed by atoms with Gasteiger partial charge in [0.2, 0.25) is 0 Å². The van der Waals surface area contributed by atoms with Crippen molar-refractivity contribution < 1.29 is 19.7 Å². The molecule has 0 bridgehead atoms. The maximum Gasteiger partial charge on any atom is 0.404 e. The van der Waals surface area contributed by atoms with Crippen molar-refractivity contribution >= 4 is 11.9 Å². The van der Waals surface area contributed by atoms with Gasteiger partial charge in [-0.05, 0) is 70.4 Å². The van der Waals surface area contributed by atoms with Gasteiger partial charge in [0.1, 0.15) is 11.6 Å². The average Bonchev–Trinajstić information content (AvgIpc) is 3.33. The van der Waals surface area contributed by atoms with Gasteiger partial charge in [-0.25, -0.2) is 9.78 Å². The maximum atomic E-state index is 10.7. The summed E-state index contributed by atoms with van der Waals surface area (Å²) in [4.78, 5) is 20.3. The number of aliphatic hydroxyl groups is 1. The predicted octanol–water partition coefficient (Wildman–Crippen LogP) is 4.06. The molecule has 8 heteroatoms. The predicted molar refractivity (Wildman–Crippen MR) is 137 cm³/mol. The van der Waals surface area contributed by atoms with Crippen LogP contribution in [-0.2, 0) is 6.42 Å². The lowest BCUT2D eigenvalue weighted by atomic mass is 9.84. The van der Waals surface area contributed by atoms with E-state index in [1.807, 2.05) is 19.2 Å². The van der Waals surface area contributed by atoms with Gasteiger partial charge < -0.3 is 25.2 Å². The Morgan fingerprint density at radius 2 is 1.86 bits per heavy atom. The fourth-order valence-electron chi connectivity index (χ4n) is 6.00. The van der Waals surface area contributed by atoms with Crippen LogP contribution in [0.15, 0.2) is 12.3 Å². The lowest BCUT2D eigenvalue weighted by Gasteiger charge is -2.37. The van der Waals surface area contributed by atoms with Gasteiger partial charge in [-0.2, -0.15) is 0 Å². The van der Waals surface area contributed by atoms with Crippen molar-refractivity contribution in [2.45, 2.75) is 89.2 Å². The molecule has 0 spiro atoms. The Labute approximate surface area is 210 Å². The minimum atomic E-state index is -0.888. The van der Waals surface area contributed by atoms with Crippen molar-refractivity contribution in [3.63, 3.8) is 0 Å². The molecule has 35 heavy (non-hydrogen) atoms. The first-order chi connectivity index (χ1) is 16.9. The number of anilines is 1. The zero-order valence-corrected chi connectivity index (χ0v) is 21.4. The summed E-state index contributed by atoms with van der Waals surface area (Å²) < 4.78 is 5.67. The van der Waals surface area contributed by atoms with Crippen molar-refractivity contribution in [2.24, 2.45) is 5.92 Å². The van der Waals surface area contributed by atoms with E-state index in [-0.39, 0.29) is 11.6 Å². The normalized spacial score (nSPS) is 26.2. The molecular weight excluding hydrogens is 444 g/mol. The van der Waals surface area contributed by atoms with Gasteiger partial charge in [-0.15, -0.1) is 0 Å². The van der Waals surface area contributed by atoms with Crippen molar-refractivity contribution in [3.8, 4) is 5.75 Å². The van der Waals surface area contributed by atoms with Gasteiger partial charge in [0.25, 0.3) is 0 Å². The van der Waals surface area contributed by atoms with Crippen molar-refractivity contribution in [1.29, 1.82) is 0 Å². The third-order valence-electron chi connectivity index (χ3n) is 8.23. The number of rotatable bonds is 5. The molecule has 2 saturated carbocycles. The summed E-state index contributed by atoms with van der Waals surface area (Å²) in [6.07, 6.45) is 13.2. The first kappa shape index (κ1) is 26.0. The lowest BCUT2D eigenvalue weighted by molar-refractivity contribution is 0.0225. The van der Waals surface area contributed by atoms with Gasteiger partial charge in [-0.3, -0.25) is 4.90 Å². The highest BCUT2D eigenvalue weighted by molar-refractivity contribution is 5.64. The number of amides is 1. The van der Waals surface area contributed by atoms with E-state index in [9.17, 15) is 9.90 Å². The Kier molecular flexibility index (Phi) is 9.11. The van der Waals surface area contributed by atoms with Crippen LogP contribution in [0.25, 0.3) is 0 Å². The number of fused-ring (bicyclic) bond motifs is 1. The van der Waals surface area contributed by atoms with Crippen LogP contribution in [0, 0.1) is 5.92 Å². The van der Waals surface area contributed by atoms with Gasteiger partial charge in [0, 0.05) is 50.4 Å². The molecule has 196 valence electrons. The molecule has 3 fully saturated rings. The Morgan fingerprint density at radius 1 is 1.14 bits per heavy atom. The molecule has 0 unspecified atom stereocenters. The number of ether oxygens (including phenoxy) is 1. The van der Waals surface area contributed by atoms with E-state index >= 15 is 0 Å². The monoisotopic (exact) mass is 488 g/mol. The fraction of sp³-hybridized carbons (Fsp3) is 0.778. The number of pyridine rings is 1. The number of aromatic nitrogens is 1. The highest BCUT2D eigenvalue weighted by Gasteiger charge is 2.26. The topological polar surface area (TPSA) is 98.2 Å². The Bertz CT molecular complexity index is 809. The third kappa shape index (κ3) is 7.71. The second-order valence-corrected chi connectivity index (χ2v) is 11.1. The molecular formula is C27H44N4O4. The molecule has 2 aliphatic heterocycles. The minimum Gasteiger partial charge on any atom is -0.493 e. The van der Waals surface area contributed by atoms with Crippen molar-refractivity contribution in [3.05, 3.63) is 17.8 Å². The Morgan fingerprint density at radius 3 is 2.49 bits per heavy atom. The molecule has 5 rings (SSSR count). The van der Waals surface area contributed by atoms with Crippen LogP contribution in [0.1, 0.15) is 76.7 Å². The van der Waals surface area contributed by atoms with E-state index in [1.54, 1.807) is 0 Å². The molecule has 1 aromatic rings. The highest BCUT2D eigenvalue weighted by Crippen LogP contribution is 2.33. The maximum absolute atomic E-state index is 10.7. The van der Waals surface area contributed by atoms with Gasteiger partial charge in [0.05, 0.1) is 12.2 Å². The Balaban J connectivity index is 0.000000308. The number of piperazine rings is 1. The molecule has 3 heterocycles. The molecule has 1 aromatic heterocycles. The highest BCUT2D eigenvalue weighted by atomic mass is 16.5. The molecule has 2 aliphatic carbocycles. The summed E-state index contributed by atoms with van der Waals surface area (Å²) in [5.41, 5.74) is 0.954. The van der Waals surface area contributed by atoms with E-state index in [2.05, 4.69) is 20.1 Å².